The highest BCUT2D eigenvalue weighted by Crippen LogP contribution is 2.06. The van der Waals surface area contributed by atoms with Crippen molar-refractivity contribution in [2.45, 2.75) is 13.5 Å². The van der Waals surface area contributed by atoms with E-state index >= 15 is 0 Å². The van der Waals surface area contributed by atoms with E-state index in [0.29, 0.717) is 12.2 Å². The summed E-state index contributed by atoms with van der Waals surface area (Å²) in [5, 5.41) is 7.79. The van der Waals surface area contributed by atoms with Gasteiger partial charge in [0.05, 0.1) is 5.69 Å². The van der Waals surface area contributed by atoms with Gasteiger partial charge in [0.2, 0.25) is 0 Å². The molecule has 1 aromatic carbocycles. The molecule has 2 rings (SSSR count). The fourth-order valence-electron chi connectivity index (χ4n) is 1.64. The van der Waals surface area contributed by atoms with Gasteiger partial charge >= 0.3 is 0 Å². The highest BCUT2D eigenvalue weighted by molar-refractivity contribution is 5.91. The molecule has 0 aliphatic carbocycles. The molecule has 0 radical (unpaired) electrons. The Bertz CT molecular complexity index is 522. The average molecular weight is 241 g/mol. The molecule has 1 aromatic heterocycles. The van der Waals surface area contributed by atoms with E-state index in [9.17, 15) is 4.79 Å². The van der Waals surface area contributed by atoms with Crippen molar-refractivity contribution in [2.24, 2.45) is 0 Å². The minimum absolute atomic E-state index is 0.119. The predicted octanol–water partition coefficient (Wildman–Crippen LogP) is 2.06. The number of carbonyl (C=O) groups excluding carboxylic acids is 1. The number of aryl methyl sites for hydroxylation is 1. The Morgan fingerprint density at radius 3 is 2.44 bits per heavy atom. The zero-order chi connectivity index (χ0) is 13.0. The van der Waals surface area contributed by atoms with Gasteiger partial charge in [-0.2, -0.15) is 5.10 Å². The highest BCUT2D eigenvalue weighted by atomic mass is 16.2. The molecule has 4 heteroatoms. The zero-order valence-corrected chi connectivity index (χ0v) is 10.5. The quantitative estimate of drug-likeness (QED) is 0.826. The third-order valence-corrected chi connectivity index (χ3v) is 2.63. The molecule has 0 atom stereocenters. The molecule has 0 fully saturated rings. The summed E-state index contributed by atoms with van der Waals surface area (Å²) in [6.45, 7) is 2.41. The number of aromatic nitrogens is 2. The van der Waals surface area contributed by atoms with Crippen molar-refractivity contribution in [3.05, 3.63) is 59.4 Å². The average Bonchev–Trinajstić information content (AvgIpc) is 2.40. The molecule has 18 heavy (non-hydrogen) atoms. The fourth-order valence-corrected chi connectivity index (χ4v) is 1.64. The SMILES string of the molecule is Cc1ccc(C(=O)N(C)Cc2ccccc2)nn1. The van der Waals surface area contributed by atoms with Gasteiger partial charge in [-0.05, 0) is 24.6 Å². The Labute approximate surface area is 106 Å². The Hall–Kier alpha value is -2.23. The molecule has 0 saturated heterocycles. The molecule has 92 valence electrons. The van der Waals surface area contributed by atoms with E-state index in [1.54, 1.807) is 24.1 Å². The van der Waals surface area contributed by atoms with Crippen molar-refractivity contribution in [3.63, 3.8) is 0 Å². The monoisotopic (exact) mass is 241 g/mol. The maximum atomic E-state index is 12.1. The lowest BCUT2D eigenvalue weighted by molar-refractivity contribution is 0.0778. The molecule has 2 aromatic rings. The minimum Gasteiger partial charge on any atom is -0.336 e. The van der Waals surface area contributed by atoms with E-state index < -0.39 is 0 Å². The van der Waals surface area contributed by atoms with Crippen LogP contribution in [0.15, 0.2) is 42.5 Å². The van der Waals surface area contributed by atoms with Crippen molar-refractivity contribution < 1.29 is 4.79 Å². The van der Waals surface area contributed by atoms with Crippen molar-refractivity contribution >= 4 is 5.91 Å². The van der Waals surface area contributed by atoms with Crippen molar-refractivity contribution in [1.82, 2.24) is 15.1 Å². The second kappa shape index (κ2) is 5.40. The van der Waals surface area contributed by atoms with E-state index in [-0.39, 0.29) is 5.91 Å². The number of benzene rings is 1. The second-order valence-corrected chi connectivity index (χ2v) is 4.21. The first-order chi connectivity index (χ1) is 8.66. The summed E-state index contributed by atoms with van der Waals surface area (Å²) in [7, 11) is 1.76. The standard InChI is InChI=1S/C14H15N3O/c1-11-8-9-13(16-15-11)14(18)17(2)10-12-6-4-3-5-7-12/h3-9H,10H2,1-2H3. The lowest BCUT2D eigenvalue weighted by Gasteiger charge is -2.16. The number of hydrogen-bond acceptors (Lipinski definition) is 3. The van der Waals surface area contributed by atoms with Gasteiger partial charge in [-0.3, -0.25) is 4.79 Å². The van der Waals surface area contributed by atoms with Crippen LogP contribution < -0.4 is 0 Å². The van der Waals surface area contributed by atoms with E-state index in [0.717, 1.165) is 11.3 Å². The first-order valence-electron chi connectivity index (χ1n) is 5.76. The summed E-state index contributed by atoms with van der Waals surface area (Å²) >= 11 is 0. The Morgan fingerprint density at radius 2 is 1.83 bits per heavy atom. The van der Waals surface area contributed by atoms with E-state index in [4.69, 9.17) is 0 Å². The van der Waals surface area contributed by atoms with Crippen LogP contribution in [0.2, 0.25) is 0 Å². The number of amides is 1. The fraction of sp³-hybridized carbons (Fsp3) is 0.214. The molecule has 4 nitrogen and oxygen atoms in total. The van der Waals surface area contributed by atoms with Gasteiger partial charge in [-0.15, -0.1) is 5.10 Å². The smallest absolute Gasteiger partial charge is 0.274 e. The third-order valence-electron chi connectivity index (χ3n) is 2.63. The first kappa shape index (κ1) is 12.2. The molecule has 0 bridgehead atoms. The van der Waals surface area contributed by atoms with E-state index in [1.165, 1.54) is 0 Å². The van der Waals surface area contributed by atoms with Gasteiger partial charge in [0.1, 0.15) is 0 Å². The Morgan fingerprint density at radius 1 is 1.11 bits per heavy atom. The number of nitrogens with zero attached hydrogens (tertiary/aromatic N) is 3. The normalized spacial score (nSPS) is 10.1. The molecule has 1 amide bonds. The van der Waals surface area contributed by atoms with Crippen LogP contribution in [0, 0.1) is 6.92 Å². The number of hydrogen-bond donors (Lipinski definition) is 0. The summed E-state index contributed by atoms with van der Waals surface area (Å²) in [5.41, 5.74) is 2.27. The maximum absolute atomic E-state index is 12.1. The molecule has 0 N–H and O–H groups in total. The van der Waals surface area contributed by atoms with Gasteiger partial charge in [0.15, 0.2) is 5.69 Å². The molecular formula is C14H15N3O. The molecule has 0 aliphatic rings. The van der Waals surface area contributed by atoms with Gasteiger partial charge in [-0.25, -0.2) is 0 Å². The molecule has 0 unspecified atom stereocenters. The topological polar surface area (TPSA) is 46.1 Å². The minimum atomic E-state index is -0.119. The lowest BCUT2D eigenvalue weighted by Crippen LogP contribution is -2.27. The maximum Gasteiger partial charge on any atom is 0.274 e. The van der Waals surface area contributed by atoms with Crippen LogP contribution in [0.1, 0.15) is 21.7 Å². The number of rotatable bonds is 3. The van der Waals surface area contributed by atoms with Crippen LogP contribution in [0.25, 0.3) is 0 Å². The van der Waals surface area contributed by atoms with Crippen LogP contribution >= 0.6 is 0 Å². The van der Waals surface area contributed by atoms with Gasteiger partial charge in [0, 0.05) is 13.6 Å². The van der Waals surface area contributed by atoms with Crippen LogP contribution in [0.3, 0.4) is 0 Å². The van der Waals surface area contributed by atoms with E-state index in [1.807, 2.05) is 37.3 Å². The largest absolute Gasteiger partial charge is 0.336 e. The summed E-state index contributed by atoms with van der Waals surface area (Å²) in [6, 6.07) is 13.3. The Balaban J connectivity index is 2.07. The first-order valence-corrected chi connectivity index (χ1v) is 5.76. The second-order valence-electron chi connectivity index (χ2n) is 4.21. The molecule has 0 saturated carbocycles. The van der Waals surface area contributed by atoms with Gasteiger partial charge in [0.25, 0.3) is 5.91 Å². The number of carbonyl (C=O) groups is 1. The van der Waals surface area contributed by atoms with Crippen molar-refractivity contribution in [1.29, 1.82) is 0 Å². The highest BCUT2D eigenvalue weighted by Gasteiger charge is 2.13. The summed E-state index contributed by atoms with van der Waals surface area (Å²) in [5.74, 6) is -0.119. The van der Waals surface area contributed by atoms with Crippen molar-refractivity contribution in [2.75, 3.05) is 7.05 Å². The molecule has 0 spiro atoms. The van der Waals surface area contributed by atoms with Crippen molar-refractivity contribution in [3.8, 4) is 0 Å². The van der Waals surface area contributed by atoms with Crippen LogP contribution in [-0.2, 0) is 6.54 Å². The molecule has 0 aliphatic heterocycles. The Kier molecular flexibility index (Phi) is 3.67. The predicted molar refractivity (Wildman–Crippen MR) is 69.0 cm³/mol. The third kappa shape index (κ3) is 2.91. The molecular weight excluding hydrogens is 226 g/mol. The summed E-state index contributed by atoms with van der Waals surface area (Å²) < 4.78 is 0. The van der Waals surface area contributed by atoms with E-state index in [2.05, 4.69) is 10.2 Å². The summed E-state index contributed by atoms with van der Waals surface area (Å²) in [4.78, 5) is 13.7. The van der Waals surface area contributed by atoms with Crippen LogP contribution in [0.4, 0.5) is 0 Å². The zero-order valence-electron chi connectivity index (χ0n) is 10.5. The van der Waals surface area contributed by atoms with Crippen LogP contribution in [-0.4, -0.2) is 28.1 Å². The lowest BCUT2D eigenvalue weighted by atomic mass is 10.2. The molecule has 1 heterocycles. The van der Waals surface area contributed by atoms with Crippen LogP contribution in [0.5, 0.6) is 0 Å². The van der Waals surface area contributed by atoms with Gasteiger partial charge in [-0.1, -0.05) is 30.3 Å². The summed E-state index contributed by atoms with van der Waals surface area (Å²) in [6.07, 6.45) is 0. The van der Waals surface area contributed by atoms with Gasteiger partial charge < -0.3 is 4.90 Å².